The largest absolute Gasteiger partial charge is 0.466 e. The molecule has 0 bridgehead atoms. The number of hydrogen-bond donors (Lipinski definition) is 1. The van der Waals surface area contributed by atoms with E-state index in [4.69, 9.17) is 9.47 Å². The fourth-order valence-corrected chi connectivity index (χ4v) is 2.43. The second-order valence-electron chi connectivity index (χ2n) is 5.60. The smallest absolute Gasteiger partial charge is 0.407 e. The number of benzene rings is 2. The van der Waals surface area contributed by atoms with Crippen LogP contribution in [0.15, 0.2) is 60.7 Å². The molecule has 0 spiro atoms. The van der Waals surface area contributed by atoms with Crippen molar-refractivity contribution >= 4 is 12.1 Å². The van der Waals surface area contributed by atoms with Crippen LogP contribution in [0.5, 0.6) is 0 Å². The zero-order chi connectivity index (χ0) is 17.9. The number of esters is 1. The Hall–Kier alpha value is -2.82. The van der Waals surface area contributed by atoms with Crippen molar-refractivity contribution < 1.29 is 19.1 Å². The summed E-state index contributed by atoms with van der Waals surface area (Å²) in [6.07, 6.45) is 0.0811. The van der Waals surface area contributed by atoms with Gasteiger partial charge in [0.05, 0.1) is 13.0 Å². The van der Waals surface area contributed by atoms with Gasteiger partial charge >= 0.3 is 12.1 Å². The van der Waals surface area contributed by atoms with E-state index in [1.165, 1.54) is 0 Å². The minimum atomic E-state index is -0.547. The van der Waals surface area contributed by atoms with E-state index >= 15 is 0 Å². The highest BCUT2D eigenvalue weighted by Gasteiger charge is 2.18. The first kappa shape index (κ1) is 18.5. The van der Waals surface area contributed by atoms with Crippen molar-refractivity contribution in [3.63, 3.8) is 0 Å². The van der Waals surface area contributed by atoms with Crippen LogP contribution < -0.4 is 5.32 Å². The molecule has 0 unspecified atom stereocenters. The molecule has 0 aliphatic carbocycles. The van der Waals surface area contributed by atoms with Gasteiger partial charge in [-0.1, -0.05) is 60.7 Å². The Bertz CT molecular complexity index is 658. The first-order valence-electron chi connectivity index (χ1n) is 8.34. The summed E-state index contributed by atoms with van der Waals surface area (Å²) in [7, 11) is 0. The number of carbonyl (C=O) groups excluding carboxylic acids is 2. The van der Waals surface area contributed by atoms with E-state index in [1.807, 2.05) is 60.7 Å². The predicted molar refractivity (Wildman–Crippen MR) is 94.9 cm³/mol. The molecule has 5 heteroatoms. The lowest BCUT2D eigenvalue weighted by Gasteiger charge is -2.18. The quantitative estimate of drug-likeness (QED) is 0.747. The maximum Gasteiger partial charge on any atom is 0.407 e. The molecule has 2 aromatic carbocycles. The van der Waals surface area contributed by atoms with E-state index in [2.05, 4.69) is 5.32 Å². The third-order valence-electron chi connectivity index (χ3n) is 3.58. The molecular weight excluding hydrogens is 318 g/mol. The third-order valence-corrected chi connectivity index (χ3v) is 3.58. The number of alkyl carbamates (subject to hydrolysis) is 1. The number of amides is 1. The molecule has 0 heterocycles. The molecule has 1 amide bonds. The Kier molecular flexibility index (Phi) is 7.50. The summed E-state index contributed by atoms with van der Waals surface area (Å²) in [5.41, 5.74) is 1.93. The maximum absolute atomic E-state index is 12.1. The van der Waals surface area contributed by atoms with Gasteiger partial charge < -0.3 is 14.8 Å². The van der Waals surface area contributed by atoms with Gasteiger partial charge in [0.25, 0.3) is 0 Å². The molecule has 0 aromatic heterocycles. The second-order valence-corrected chi connectivity index (χ2v) is 5.60. The minimum Gasteiger partial charge on any atom is -0.466 e. The second kappa shape index (κ2) is 10.1. The van der Waals surface area contributed by atoms with E-state index in [0.717, 1.165) is 11.1 Å². The average Bonchev–Trinajstić information content (AvgIpc) is 2.62. The highest BCUT2D eigenvalue weighted by atomic mass is 16.5. The molecule has 0 radical (unpaired) electrons. The summed E-state index contributed by atoms with van der Waals surface area (Å²) < 4.78 is 10.2. The Morgan fingerprint density at radius 3 is 2.12 bits per heavy atom. The minimum absolute atomic E-state index is 0.100. The normalized spacial score (nSPS) is 11.4. The fourth-order valence-electron chi connectivity index (χ4n) is 2.43. The van der Waals surface area contributed by atoms with Crippen molar-refractivity contribution in [2.45, 2.75) is 32.4 Å². The third kappa shape index (κ3) is 7.08. The molecular formula is C20H23NO4. The Labute approximate surface area is 148 Å². The molecule has 0 aliphatic rings. The van der Waals surface area contributed by atoms with Gasteiger partial charge in [-0.25, -0.2) is 4.79 Å². The first-order chi connectivity index (χ1) is 12.2. The van der Waals surface area contributed by atoms with Crippen molar-refractivity contribution in [1.82, 2.24) is 5.32 Å². The highest BCUT2D eigenvalue weighted by Crippen LogP contribution is 2.08. The Morgan fingerprint density at radius 2 is 1.52 bits per heavy atom. The summed E-state index contributed by atoms with van der Waals surface area (Å²) in [4.78, 5) is 23.9. The molecule has 1 atom stereocenters. The van der Waals surface area contributed by atoms with Gasteiger partial charge in [0, 0.05) is 6.04 Å². The van der Waals surface area contributed by atoms with Crippen LogP contribution in [0.25, 0.3) is 0 Å². The zero-order valence-electron chi connectivity index (χ0n) is 14.3. The molecule has 2 aromatic rings. The van der Waals surface area contributed by atoms with E-state index in [0.29, 0.717) is 13.0 Å². The van der Waals surface area contributed by atoms with Crippen LogP contribution in [0.4, 0.5) is 4.79 Å². The monoisotopic (exact) mass is 341 g/mol. The molecule has 0 saturated carbocycles. The summed E-state index contributed by atoms with van der Waals surface area (Å²) in [5.74, 6) is -0.341. The van der Waals surface area contributed by atoms with E-state index in [1.54, 1.807) is 6.92 Å². The van der Waals surface area contributed by atoms with Crippen LogP contribution in [0.1, 0.15) is 24.5 Å². The highest BCUT2D eigenvalue weighted by molar-refractivity contribution is 5.72. The number of rotatable bonds is 8. The van der Waals surface area contributed by atoms with Crippen molar-refractivity contribution in [2.24, 2.45) is 0 Å². The van der Waals surface area contributed by atoms with Gasteiger partial charge in [-0.2, -0.15) is 0 Å². The van der Waals surface area contributed by atoms with Gasteiger partial charge in [-0.3, -0.25) is 4.79 Å². The molecule has 5 nitrogen and oxygen atoms in total. The van der Waals surface area contributed by atoms with Crippen LogP contribution in [0.2, 0.25) is 0 Å². The zero-order valence-corrected chi connectivity index (χ0v) is 14.3. The molecule has 132 valence electrons. The first-order valence-corrected chi connectivity index (χ1v) is 8.34. The number of hydrogen-bond acceptors (Lipinski definition) is 4. The lowest BCUT2D eigenvalue weighted by atomic mass is 10.0. The van der Waals surface area contributed by atoms with Crippen molar-refractivity contribution in [3.8, 4) is 0 Å². The van der Waals surface area contributed by atoms with Gasteiger partial charge in [0.1, 0.15) is 6.61 Å². The number of carbonyl (C=O) groups is 2. The summed E-state index contributed by atoms with van der Waals surface area (Å²) >= 11 is 0. The average molecular weight is 341 g/mol. The fraction of sp³-hybridized carbons (Fsp3) is 0.300. The van der Waals surface area contributed by atoms with Gasteiger partial charge in [0.15, 0.2) is 0 Å². The van der Waals surface area contributed by atoms with Crippen LogP contribution in [0.3, 0.4) is 0 Å². The van der Waals surface area contributed by atoms with Crippen LogP contribution in [-0.2, 0) is 27.3 Å². The van der Waals surface area contributed by atoms with E-state index in [-0.39, 0.29) is 25.0 Å². The summed E-state index contributed by atoms with van der Waals surface area (Å²) in [6, 6.07) is 18.7. The molecule has 25 heavy (non-hydrogen) atoms. The Balaban J connectivity index is 1.91. The number of ether oxygens (including phenoxy) is 2. The Morgan fingerprint density at radius 1 is 0.920 bits per heavy atom. The van der Waals surface area contributed by atoms with Gasteiger partial charge in [-0.05, 0) is 24.5 Å². The lowest BCUT2D eigenvalue weighted by molar-refractivity contribution is -0.143. The predicted octanol–water partition coefficient (Wildman–Crippen LogP) is 3.48. The van der Waals surface area contributed by atoms with Crippen LogP contribution >= 0.6 is 0 Å². The lowest BCUT2D eigenvalue weighted by Crippen LogP contribution is -2.38. The van der Waals surface area contributed by atoms with Crippen molar-refractivity contribution in [1.29, 1.82) is 0 Å². The standard InChI is InChI=1S/C20H23NO4/c1-2-24-19(22)14-18(13-16-9-5-3-6-10-16)21-20(23)25-15-17-11-7-4-8-12-17/h3-12,18H,2,13-15H2,1H3,(H,21,23)/t18-/m0/s1. The van der Waals surface area contributed by atoms with Crippen molar-refractivity contribution in [2.75, 3.05) is 6.61 Å². The molecule has 1 N–H and O–H groups in total. The molecule has 2 rings (SSSR count). The summed E-state index contributed by atoms with van der Waals surface area (Å²) in [5, 5.41) is 2.76. The molecule has 0 aliphatic heterocycles. The molecule has 0 fully saturated rings. The topological polar surface area (TPSA) is 64.6 Å². The van der Waals surface area contributed by atoms with Crippen LogP contribution in [-0.4, -0.2) is 24.7 Å². The van der Waals surface area contributed by atoms with Gasteiger partial charge in [0.2, 0.25) is 0 Å². The molecule has 0 saturated heterocycles. The van der Waals surface area contributed by atoms with Crippen LogP contribution in [0, 0.1) is 0 Å². The van der Waals surface area contributed by atoms with Gasteiger partial charge in [-0.15, -0.1) is 0 Å². The van der Waals surface area contributed by atoms with E-state index in [9.17, 15) is 9.59 Å². The SMILES string of the molecule is CCOC(=O)C[C@H](Cc1ccccc1)NC(=O)OCc1ccccc1. The maximum atomic E-state index is 12.1. The van der Waals surface area contributed by atoms with Crippen molar-refractivity contribution in [3.05, 3.63) is 71.8 Å². The number of nitrogens with one attached hydrogen (secondary N) is 1. The summed E-state index contributed by atoms with van der Waals surface area (Å²) in [6.45, 7) is 2.26. The van der Waals surface area contributed by atoms with E-state index < -0.39 is 6.09 Å².